The van der Waals surface area contributed by atoms with Gasteiger partial charge in [0.2, 0.25) is 0 Å². The predicted molar refractivity (Wildman–Crippen MR) is 103 cm³/mol. The molecule has 0 bridgehead atoms. The molecule has 1 aliphatic rings. The van der Waals surface area contributed by atoms with E-state index in [4.69, 9.17) is 17.0 Å². The second-order valence-corrected chi connectivity index (χ2v) is 6.87. The molecule has 0 radical (unpaired) electrons. The van der Waals surface area contributed by atoms with Crippen LogP contribution in [0.25, 0.3) is 6.08 Å². The number of phenolic OH excluding ortho intramolecular Hbond substituents is 1. The van der Waals surface area contributed by atoms with Crippen molar-refractivity contribution in [3.63, 3.8) is 0 Å². The van der Waals surface area contributed by atoms with Crippen molar-refractivity contribution in [3.05, 3.63) is 63.0 Å². The third kappa shape index (κ3) is 3.26. The normalized spacial score (nSPS) is 15.6. The summed E-state index contributed by atoms with van der Waals surface area (Å²) in [6.07, 6.45) is 1.50. The number of thiocarbonyl (C=S) groups is 1. The Balaban J connectivity index is 1.98. The smallest absolute Gasteiger partial charge is 0.311 e. The summed E-state index contributed by atoms with van der Waals surface area (Å²) in [5.74, 6) is -0.278. The highest BCUT2D eigenvalue weighted by Gasteiger charge is 2.34. The van der Waals surface area contributed by atoms with Gasteiger partial charge in [0.15, 0.2) is 10.1 Å². The molecule has 1 N–H and O–H groups in total. The van der Waals surface area contributed by atoms with E-state index in [2.05, 4.69) is 0 Å². The van der Waals surface area contributed by atoms with Gasteiger partial charge in [-0.05, 0) is 29.8 Å². The average Bonchev–Trinajstić information content (AvgIpc) is 2.89. The summed E-state index contributed by atoms with van der Waals surface area (Å²) >= 11 is 6.40. The maximum absolute atomic E-state index is 12.8. The summed E-state index contributed by atoms with van der Waals surface area (Å²) in [5, 5.41) is 20.5. The molecule has 3 rings (SSSR count). The number of hydrogen-bond acceptors (Lipinski definition) is 7. The highest BCUT2D eigenvalue weighted by atomic mass is 32.2. The number of rotatable bonds is 4. The van der Waals surface area contributed by atoms with Crippen molar-refractivity contribution < 1.29 is 19.6 Å². The summed E-state index contributed by atoms with van der Waals surface area (Å²) in [5.41, 5.74) is 0.506. The van der Waals surface area contributed by atoms with Crippen LogP contribution in [-0.4, -0.2) is 27.4 Å². The molecular weight excluding hydrogens is 376 g/mol. The minimum absolute atomic E-state index is 0.320. The van der Waals surface area contributed by atoms with Gasteiger partial charge in [0.05, 0.1) is 22.6 Å². The Bertz CT molecular complexity index is 958. The number of nitro benzene ring substituents is 1. The van der Waals surface area contributed by atoms with E-state index in [-0.39, 0.29) is 5.91 Å². The van der Waals surface area contributed by atoms with E-state index >= 15 is 0 Å². The van der Waals surface area contributed by atoms with Crippen molar-refractivity contribution in [2.45, 2.75) is 0 Å². The van der Waals surface area contributed by atoms with Gasteiger partial charge < -0.3 is 9.84 Å². The molecule has 2 aromatic rings. The average molecular weight is 388 g/mol. The van der Waals surface area contributed by atoms with Gasteiger partial charge in [-0.2, -0.15) is 0 Å². The van der Waals surface area contributed by atoms with E-state index in [1.54, 1.807) is 24.3 Å². The Kier molecular flexibility index (Phi) is 4.92. The standard InChI is InChI=1S/C17H12N2O5S2/c1-24-14-5-3-2-4-11(14)18-16(21)15(26-17(18)25)9-10-6-7-13(20)12(8-10)19(22)23/h2-9,20H,1H3/b15-9+. The van der Waals surface area contributed by atoms with E-state index in [0.717, 1.165) is 11.8 Å². The topological polar surface area (TPSA) is 92.9 Å². The number of aromatic hydroxyl groups is 1. The number of hydrogen-bond donors (Lipinski definition) is 1. The molecule has 0 aromatic heterocycles. The highest BCUT2D eigenvalue weighted by Crippen LogP contribution is 2.40. The lowest BCUT2D eigenvalue weighted by Crippen LogP contribution is -2.27. The second kappa shape index (κ2) is 7.14. The molecule has 1 saturated heterocycles. The Hall–Kier alpha value is -2.91. The molecule has 0 saturated carbocycles. The Morgan fingerprint density at radius 3 is 2.73 bits per heavy atom. The van der Waals surface area contributed by atoms with E-state index in [1.807, 2.05) is 0 Å². The number of ether oxygens (including phenoxy) is 1. The number of methoxy groups -OCH3 is 1. The zero-order valence-electron chi connectivity index (χ0n) is 13.4. The first kappa shape index (κ1) is 17.9. The largest absolute Gasteiger partial charge is 0.502 e. The number of thioether (sulfide) groups is 1. The van der Waals surface area contributed by atoms with Gasteiger partial charge in [-0.15, -0.1) is 0 Å². The zero-order valence-corrected chi connectivity index (χ0v) is 15.0. The molecule has 9 heteroatoms. The molecule has 1 aliphatic heterocycles. The van der Waals surface area contributed by atoms with Gasteiger partial charge in [-0.1, -0.05) is 42.2 Å². The van der Waals surface area contributed by atoms with Crippen LogP contribution in [0, 0.1) is 10.1 Å². The fourth-order valence-corrected chi connectivity index (χ4v) is 3.70. The predicted octanol–water partition coefficient (Wildman–Crippen LogP) is 3.71. The lowest BCUT2D eigenvalue weighted by Gasteiger charge is -2.17. The third-order valence-electron chi connectivity index (χ3n) is 3.61. The number of nitro groups is 1. The molecule has 7 nitrogen and oxygen atoms in total. The van der Waals surface area contributed by atoms with Crippen LogP contribution < -0.4 is 9.64 Å². The van der Waals surface area contributed by atoms with E-state index in [0.29, 0.717) is 26.2 Å². The highest BCUT2D eigenvalue weighted by molar-refractivity contribution is 8.27. The fraction of sp³-hybridized carbons (Fsp3) is 0.0588. The second-order valence-electron chi connectivity index (χ2n) is 5.19. The van der Waals surface area contributed by atoms with Gasteiger partial charge in [0, 0.05) is 6.07 Å². The molecule has 26 heavy (non-hydrogen) atoms. The third-order valence-corrected chi connectivity index (χ3v) is 4.92. The zero-order chi connectivity index (χ0) is 18.8. The first-order valence-electron chi connectivity index (χ1n) is 7.30. The first-order chi connectivity index (χ1) is 12.4. The molecule has 2 aromatic carbocycles. The Labute approximate surface area is 158 Å². The number of amides is 1. The number of nitrogens with zero attached hydrogens (tertiary/aromatic N) is 2. The van der Waals surface area contributed by atoms with Gasteiger partial charge >= 0.3 is 5.69 Å². The fourth-order valence-electron chi connectivity index (χ4n) is 2.42. The molecule has 0 aliphatic carbocycles. The SMILES string of the molecule is COc1ccccc1N1C(=O)/C(=C\c2ccc(O)c([N+](=O)[O-])c2)SC1=S. The number of carbonyl (C=O) groups is 1. The number of anilines is 1. The van der Waals surface area contributed by atoms with Crippen LogP contribution in [0.1, 0.15) is 5.56 Å². The quantitative estimate of drug-likeness (QED) is 0.369. The summed E-state index contributed by atoms with van der Waals surface area (Å²) in [6.45, 7) is 0. The van der Waals surface area contributed by atoms with Crippen LogP contribution in [0.5, 0.6) is 11.5 Å². The molecule has 1 heterocycles. The first-order valence-corrected chi connectivity index (χ1v) is 8.53. The number of benzene rings is 2. The number of carbonyl (C=O) groups excluding carboxylic acids is 1. The van der Waals surface area contributed by atoms with E-state index in [1.165, 1.54) is 36.3 Å². The van der Waals surface area contributed by atoms with Crippen molar-refractivity contribution in [2.24, 2.45) is 0 Å². The molecule has 1 fully saturated rings. The molecule has 1 amide bonds. The monoisotopic (exact) mass is 388 g/mol. The maximum Gasteiger partial charge on any atom is 0.311 e. The van der Waals surface area contributed by atoms with Crippen molar-refractivity contribution in [1.29, 1.82) is 0 Å². The van der Waals surface area contributed by atoms with Crippen molar-refractivity contribution in [2.75, 3.05) is 12.0 Å². The molecule has 0 unspecified atom stereocenters. The van der Waals surface area contributed by atoms with Crippen LogP contribution >= 0.6 is 24.0 Å². The maximum atomic E-state index is 12.8. The van der Waals surface area contributed by atoms with Crippen LogP contribution in [0.4, 0.5) is 11.4 Å². The minimum Gasteiger partial charge on any atom is -0.502 e. The number of phenols is 1. The van der Waals surface area contributed by atoms with Crippen molar-refractivity contribution in [3.8, 4) is 11.5 Å². The van der Waals surface area contributed by atoms with E-state index in [9.17, 15) is 20.0 Å². The van der Waals surface area contributed by atoms with Gasteiger partial charge in [-0.3, -0.25) is 19.8 Å². The van der Waals surface area contributed by atoms with Crippen LogP contribution in [-0.2, 0) is 4.79 Å². The van der Waals surface area contributed by atoms with E-state index < -0.39 is 16.4 Å². The summed E-state index contributed by atoms with van der Waals surface area (Å²) < 4.78 is 5.61. The molecular formula is C17H12N2O5S2. The Morgan fingerprint density at radius 2 is 2.04 bits per heavy atom. The van der Waals surface area contributed by atoms with Gasteiger partial charge in [0.1, 0.15) is 5.75 Å². The van der Waals surface area contributed by atoms with Crippen molar-refractivity contribution >= 4 is 51.7 Å². The van der Waals surface area contributed by atoms with Crippen LogP contribution in [0.3, 0.4) is 0 Å². The number of para-hydroxylation sites is 2. The lowest BCUT2D eigenvalue weighted by atomic mass is 10.1. The molecule has 0 spiro atoms. The van der Waals surface area contributed by atoms with Gasteiger partial charge in [-0.25, -0.2) is 0 Å². The van der Waals surface area contributed by atoms with Crippen LogP contribution in [0.2, 0.25) is 0 Å². The van der Waals surface area contributed by atoms with Gasteiger partial charge in [0.25, 0.3) is 5.91 Å². The van der Waals surface area contributed by atoms with Crippen molar-refractivity contribution in [1.82, 2.24) is 0 Å². The molecule has 132 valence electrons. The molecule has 0 atom stereocenters. The summed E-state index contributed by atoms with van der Waals surface area (Å²) in [7, 11) is 1.50. The lowest BCUT2D eigenvalue weighted by molar-refractivity contribution is -0.385. The Morgan fingerprint density at radius 1 is 1.31 bits per heavy atom. The van der Waals surface area contributed by atoms with Crippen LogP contribution in [0.15, 0.2) is 47.4 Å². The minimum atomic E-state index is -0.688. The summed E-state index contributed by atoms with van der Waals surface area (Å²) in [4.78, 5) is 24.7. The summed E-state index contributed by atoms with van der Waals surface area (Å²) in [6, 6.07) is 10.9.